The van der Waals surface area contributed by atoms with Gasteiger partial charge in [-0.05, 0) is 64.4 Å². The first kappa shape index (κ1) is 20.2. The maximum absolute atomic E-state index is 12.7. The van der Waals surface area contributed by atoms with Crippen molar-refractivity contribution in [2.75, 3.05) is 0 Å². The Balaban J connectivity index is 1.72. The molecular weight excluding hydrogens is 374 g/mol. The van der Waals surface area contributed by atoms with Crippen molar-refractivity contribution in [3.8, 4) is 11.5 Å². The predicted molar refractivity (Wildman–Crippen MR) is 104 cm³/mol. The van der Waals surface area contributed by atoms with Gasteiger partial charge in [-0.15, -0.1) is 0 Å². The number of nitrogens with zero attached hydrogens (tertiary/aromatic N) is 2. The molecule has 1 N–H and O–H groups in total. The molecule has 1 aromatic carbocycles. The molecule has 0 saturated carbocycles. The maximum atomic E-state index is 12.7. The predicted octanol–water partition coefficient (Wildman–Crippen LogP) is 3.62. The number of aryl methyl sites for hydroxylation is 2. The van der Waals surface area contributed by atoms with Crippen LogP contribution in [0.25, 0.3) is 11.5 Å². The number of nitrogens with one attached hydrogen (secondary N) is 1. The Bertz CT molecular complexity index is 1090. The Kier molecular flexibility index (Phi) is 5.45. The summed E-state index contributed by atoms with van der Waals surface area (Å²) in [7, 11) is 0. The highest BCUT2D eigenvalue weighted by Crippen LogP contribution is 2.21. The zero-order valence-electron chi connectivity index (χ0n) is 16.8. The minimum atomic E-state index is -1.02. The molecule has 0 aliphatic rings. The van der Waals surface area contributed by atoms with Crippen LogP contribution in [0.15, 0.2) is 28.8 Å². The number of aromatic amines is 1. The molecule has 0 aliphatic heterocycles. The lowest BCUT2D eigenvalue weighted by atomic mass is 10.0. The van der Waals surface area contributed by atoms with Gasteiger partial charge in [0.15, 0.2) is 17.7 Å². The molecule has 0 spiro atoms. The number of H-pyrrole nitrogens is 1. The normalized spacial score (nSPS) is 11.9. The molecular formula is C21H21N3O5. The van der Waals surface area contributed by atoms with Crippen molar-refractivity contribution in [3.05, 3.63) is 58.2 Å². The molecule has 2 heterocycles. The van der Waals surface area contributed by atoms with Gasteiger partial charge >= 0.3 is 5.97 Å². The quantitative estimate of drug-likeness (QED) is 0.500. The monoisotopic (exact) mass is 395 g/mol. The van der Waals surface area contributed by atoms with Crippen molar-refractivity contribution in [1.82, 2.24) is 15.1 Å². The zero-order chi connectivity index (χ0) is 21.3. The van der Waals surface area contributed by atoms with Crippen LogP contribution in [0, 0.1) is 20.8 Å². The molecule has 3 aromatic rings. The number of rotatable bonds is 6. The van der Waals surface area contributed by atoms with E-state index in [1.54, 1.807) is 45.0 Å². The molecule has 0 radical (unpaired) electrons. The van der Waals surface area contributed by atoms with Crippen LogP contribution in [0.4, 0.5) is 0 Å². The van der Waals surface area contributed by atoms with Crippen LogP contribution in [-0.4, -0.2) is 38.8 Å². The van der Waals surface area contributed by atoms with Gasteiger partial charge in [0.2, 0.25) is 5.78 Å². The van der Waals surface area contributed by atoms with Gasteiger partial charge in [0, 0.05) is 16.8 Å². The molecule has 1 atom stereocenters. The zero-order valence-corrected chi connectivity index (χ0v) is 16.8. The van der Waals surface area contributed by atoms with Crippen molar-refractivity contribution in [3.63, 3.8) is 0 Å². The third-order valence-electron chi connectivity index (χ3n) is 4.58. The Hall–Kier alpha value is -3.55. The van der Waals surface area contributed by atoms with Crippen molar-refractivity contribution in [1.29, 1.82) is 0 Å². The molecule has 0 unspecified atom stereocenters. The summed E-state index contributed by atoms with van der Waals surface area (Å²) < 4.78 is 10.4. The fourth-order valence-electron chi connectivity index (χ4n) is 3.17. The third kappa shape index (κ3) is 4.01. The van der Waals surface area contributed by atoms with Gasteiger partial charge in [-0.25, -0.2) is 4.79 Å². The molecule has 8 heteroatoms. The second kappa shape index (κ2) is 7.83. The molecule has 0 aliphatic carbocycles. The van der Waals surface area contributed by atoms with Crippen molar-refractivity contribution in [2.45, 2.75) is 40.7 Å². The van der Waals surface area contributed by atoms with Gasteiger partial charge in [-0.3, -0.25) is 9.59 Å². The molecule has 3 rings (SSSR count). The van der Waals surface area contributed by atoms with Crippen LogP contribution >= 0.6 is 0 Å². The van der Waals surface area contributed by atoms with Gasteiger partial charge in [-0.2, -0.15) is 4.98 Å². The topological polar surface area (TPSA) is 115 Å². The van der Waals surface area contributed by atoms with Gasteiger partial charge in [0.25, 0.3) is 5.89 Å². The number of Topliss-reactive ketones (excluding diaryl/α,β-unsaturated/α-hetero) is 2. The van der Waals surface area contributed by atoms with Crippen LogP contribution in [0.2, 0.25) is 0 Å². The van der Waals surface area contributed by atoms with Crippen LogP contribution in [0.1, 0.15) is 62.1 Å². The Morgan fingerprint density at radius 3 is 2.28 bits per heavy atom. The number of esters is 1. The van der Waals surface area contributed by atoms with Crippen LogP contribution in [0.5, 0.6) is 0 Å². The molecule has 2 aromatic heterocycles. The fraction of sp³-hybridized carbons (Fsp3) is 0.286. The van der Waals surface area contributed by atoms with Gasteiger partial charge in [-0.1, -0.05) is 5.16 Å². The number of benzene rings is 1. The fourth-order valence-corrected chi connectivity index (χ4v) is 3.17. The van der Waals surface area contributed by atoms with Crippen molar-refractivity contribution in [2.24, 2.45) is 0 Å². The SMILES string of the molecule is CC(=O)c1c(C)[nH]c(C(=O)[C@@H](C)OC(=O)c2ccc(-c3nc(C)no3)cc2)c1C. The van der Waals surface area contributed by atoms with E-state index in [1.807, 2.05) is 0 Å². The van der Waals surface area contributed by atoms with Gasteiger partial charge in [0.1, 0.15) is 0 Å². The Morgan fingerprint density at radius 1 is 1.10 bits per heavy atom. The highest BCUT2D eigenvalue weighted by molar-refractivity contribution is 6.05. The highest BCUT2D eigenvalue weighted by Gasteiger charge is 2.26. The highest BCUT2D eigenvalue weighted by atomic mass is 16.5. The summed E-state index contributed by atoms with van der Waals surface area (Å²) in [4.78, 5) is 43.9. The molecule has 0 fully saturated rings. The molecule has 29 heavy (non-hydrogen) atoms. The first-order valence-corrected chi connectivity index (χ1v) is 9.05. The average Bonchev–Trinajstić information content (AvgIpc) is 3.23. The number of ether oxygens (including phenoxy) is 1. The lowest BCUT2D eigenvalue weighted by Gasteiger charge is -2.12. The summed E-state index contributed by atoms with van der Waals surface area (Å²) in [5, 5.41) is 3.72. The van der Waals surface area contributed by atoms with E-state index in [0.717, 1.165) is 0 Å². The molecule has 0 bridgehead atoms. The van der Waals surface area contributed by atoms with E-state index < -0.39 is 17.9 Å². The van der Waals surface area contributed by atoms with Crippen molar-refractivity contribution >= 4 is 17.5 Å². The van der Waals surface area contributed by atoms with Crippen LogP contribution in [-0.2, 0) is 4.74 Å². The van der Waals surface area contributed by atoms with Crippen molar-refractivity contribution < 1.29 is 23.6 Å². The Morgan fingerprint density at radius 2 is 1.76 bits per heavy atom. The van der Waals surface area contributed by atoms with Crippen LogP contribution in [0.3, 0.4) is 0 Å². The number of carbonyl (C=O) groups is 3. The van der Waals surface area contributed by atoms with E-state index in [-0.39, 0.29) is 17.0 Å². The smallest absolute Gasteiger partial charge is 0.338 e. The van der Waals surface area contributed by atoms with E-state index >= 15 is 0 Å². The standard InChI is InChI=1S/C21H21N3O5/c1-10-17(12(3)25)11(2)22-18(10)19(26)13(4)28-21(27)16-8-6-15(7-9-16)20-23-14(5)24-29-20/h6-9,13,22H,1-5H3/t13-/m1/s1. The van der Waals surface area contributed by atoms with E-state index in [0.29, 0.717) is 34.1 Å². The second-order valence-electron chi connectivity index (χ2n) is 6.82. The second-order valence-corrected chi connectivity index (χ2v) is 6.82. The molecule has 8 nitrogen and oxygen atoms in total. The maximum Gasteiger partial charge on any atom is 0.338 e. The Labute approximate surface area is 167 Å². The summed E-state index contributed by atoms with van der Waals surface area (Å²) >= 11 is 0. The number of hydrogen-bond acceptors (Lipinski definition) is 7. The lowest BCUT2D eigenvalue weighted by Crippen LogP contribution is -2.25. The minimum Gasteiger partial charge on any atom is -0.451 e. The lowest BCUT2D eigenvalue weighted by molar-refractivity contribution is 0.0317. The van der Waals surface area contributed by atoms with E-state index in [1.165, 1.54) is 13.8 Å². The number of ketones is 2. The molecule has 0 amide bonds. The first-order chi connectivity index (χ1) is 13.7. The van der Waals surface area contributed by atoms with Gasteiger partial charge in [0.05, 0.1) is 11.3 Å². The average molecular weight is 395 g/mol. The number of aromatic nitrogens is 3. The number of hydrogen-bond donors (Lipinski definition) is 1. The summed E-state index contributed by atoms with van der Waals surface area (Å²) in [6.45, 7) is 8.08. The summed E-state index contributed by atoms with van der Waals surface area (Å²) in [6.07, 6.45) is -1.02. The summed E-state index contributed by atoms with van der Waals surface area (Å²) in [6, 6.07) is 6.44. The third-order valence-corrected chi connectivity index (χ3v) is 4.58. The summed E-state index contributed by atoms with van der Waals surface area (Å²) in [5.74, 6) is -0.295. The van der Waals surface area contributed by atoms with Gasteiger partial charge < -0.3 is 14.2 Å². The molecule has 0 saturated heterocycles. The van der Waals surface area contributed by atoms with E-state index in [9.17, 15) is 14.4 Å². The number of carbonyl (C=O) groups excluding carboxylic acids is 3. The minimum absolute atomic E-state index is 0.128. The van der Waals surface area contributed by atoms with E-state index in [2.05, 4.69) is 15.1 Å². The summed E-state index contributed by atoms with van der Waals surface area (Å²) in [5.41, 5.74) is 2.88. The largest absolute Gasteiger partial charge is 0.451 e. The van der Waals surface area contributed by atoms with E-state index in [4.69, 9.17) is 9.26 Å². The molecule has 150 valence electrons. The van der Waals surface area contributed by atoms with Crippen LogP contribution < -0.4 is 0 Å². The first-order valence-electron chi connectivity index (χ1n) is 9.05.